The van der Waals surface area contributed by atoms with Gasteiger partial charge in [0.1, 0.15) is 0 Å². The molecule has 0 bridgehead atoms. The predicted octanol–water partition coefficient (Wildman–Crippen LogP) is 3.17. The van der Waals surface area contributed by atoms with Crippen LogP contribution in [0.4, 0.5) is 10.1 Å². The van der Waals surface area contributed by atoms with Crippen LogP contribution in [0.15, 0.2) is 47.5 Å². The molecular formula is C18H21FN4O3. The molecule has 0 radical (unpaired) electrons. The van der Waals surface area contributed by atoms with E-state index in [0.717, 1.165) is 11.1 Å². The van der Waals surface area contributed by atoms with Gasteiger partial charge in [-0.25, -0.2) is 4.39 Å². The largest absolute Gasteiger partial charge is 0.494 e. The lowest BCUT2D eigenvalue weighted by molar-refractivity contribution is -0.384. The Labute approximate surface area is 151 Å². The summed E-state index contributed by atoms with van der Waals surface area (Å²) in [5.74, 6) is 0.257. The zero-order chi connectivity index (χ0) is 19.1. The fourth-order valence-corrected chi connectivity index (χ4v) is 2.40. The van der Waals surface area contributed by atoms with E-state index in [1.807, 2.05) is 6.92 Å². The van der Waals surface area contributed by atoms with Crippen molar-refractivity contribution in [3.8, 4) is 5.75 Å². The van der Waals surface area contributed by atoms with Gasteiger partial charge in [0.05, 0.1) is 18.1 Å². The minimum atomic E-state index is -0.434. The van der Waals surface area contributed by atoms with Crippen molar-refractivity contribution in [2.24, 2.45) is 4.99 Å². The second-order valence-corrected chi connectivity index (χ2v) is 5.61. The van der Waals surface area contributed by atoms with Gasteiger partial charge in [-0.05, 0) is 30.2 Å². The Hall–Kier alpha value is -3.16. The van der Waals surface area contributed by atoms with E-state index < -0.39 is 10.7 Å². The van der Waals surface area contributed by atoms with E-state index >= 15 is 0 Å². The molecule has 0 spiro atoms. The molecule has 0 aliphatic carbocycles. The molecule has 0 saturated carbocycles. The van der Waals surface area contributed by atoms with Crippen molar-refractivity contribution in [1.82, 2.24) is 10.6 Å². The molecule has 2 aromatic carbocycles. The number of non-ortho nitro benzene ring substituents is 1. The average Bonchev–Trinajstić information content (AvgIpc) is 2.65. The fourth-order valence-electron chi connectivity index (χ4n) is 2.40. The van der Waals surface area contributed by atoms with Gasteiger partial charge in [0.15, 0.2) is 17.5 Å². The predicted molar refractivity (Wildman–Crippen MR) is 97.8 cm³/mol. The zero-order valence-electron chi connectivity index (χ0n) is 14.8. The summed E-state index contributed by atoms with van der Waals surface area (Å²) in [6.45, 7) is 2.24. The average molecular weight is 360 g/mol. The molecule has 0 aliphatic rings. The first-order chi connectivity index (χ1) is 12.4. The highest BCUT2D eigenvalue weighted by Crippen LogP contribution is 2.21. The maximum absolute atomic E-state index is 13.8. The van der Waals surface area contributed by atoms with Crippen LogP contribution in [-0.2, 0) is 6.54 Å². The van der Waals surface area contributed by atoms with E-state index in [2.05, 4.69) is 15.6 Å². The van der Waals surface area contributed by atoms with Gasteiger partial charge in [0, 0.05) is 25.7 Å². The van der Waals surface area contributed by atoms with Crippen molar-refractivity contribution in [3.05, 3.63) is 69.5 Å². The Kier molecular flexibility index (Phi) is 6.48. The van der Waals surface area contributed by atoms with Crippen molar-refractivity contribution < 1.29 is 14.1 Å². The Bertz CT molecular complexity index is 811. The second kappa shape index (κ2) is 8.80. The molecule has 0 aromatic heterocycles. The molecule has 8 heteroatoms. The van der Waals surface area contributed by atoms with Gasteiger partial charge in [0.2, 0.25) is 0 Å². The number of hydrogen-bond acceptors (Lipinski definition) is 4. The number of methoxy groups -OCH3 is 1. The molecule has 0 amide bonds. The molecule has 1 unspecified atom stereocenters. The number of aliphatic imine (C=N–C) groups is 1. The van der Waals surface area contributed by atoms with Crippen molar-refractivity contribution in [3.63, 3.8) is 0 Å². The Morgan fingerprint density at radius 1 is 1.35 bits per heavy atom. The van der Waals surface area contributed by atoms with E-state index in [9.17, 15) is 14.5 Å². The molecule has 0 aliphatic heterocycles. The third-order valence-electron chi connectivity index (χ3n) is 3.83. The fraction of sp³-hybridized carbons (Fsp3) is 0.278. The lowest BCUT2D eigenvalue weighted by Crippen LogP contribution is -2.38. The topological polar surface area (TPSA) is 88.8 Å². The van der Waals surface area contributed by atoms with E-state index in [1.54, 1.807) is 31.3 Å². The molecule has 7 nitrogen and oxygen atoms in total. The van der Waals surface area contributed by atoms with Crippen LogP contribution in [0, 0.1) is 15.9 Å². The van der Waals surface area contributed by atoms with Crippen molar-refractivity contribution in [2.75, 3.05) is 14.2 Å². The summed E-state index contributed by atoms with van der Waals surface area (Å²) >= 11 is 0. The molecule has 2 N–H and O–H groups in total. The third-order valence-corrected chi connectivity index (χ3v) is 3.83. The normalized spacial score (nSPS) is 12.4. The van der Waals surface area contributed by atoms with Gasteiger partial charge < -0.3 is 15.4 Å². The minimum absolute atomic E-state index is 0.0364. The molecule has 1 atom stereocenters. The minimum Gasteiger partial charge on any atom is -0.494 e. The quantitative estimate of drug-likeness (QED) is 0.357. The number of hydrogen-bond donors (Lipinski definition) is 2. The molecule has 0 fully saturated rings. The number of benzene rings is 2. The van der Waals surface area contributed by atoms with Crippen LogP contribution in [0.3, 0.4) is 0 Å². The Balaban J connectivity index is 2.00. The first-order valence-electron chi connectivity index (χ1n) is 7.98. The van der Waals surface area contributed by atoms with Crippen LogP contribution < -0.4 is 15.4 Å². The number of nitrogens with zero attached hydrogens (tertiary/aromatic N) is 2. The summed E-state index contributed by atoms with van der Waals surface area (Å²) in [7, 11) is 3.03. The number of ether oxygens (including phenoxy) is 1. The summed E-state index contributed by atoms with van der Waals surface area (Å²) in [6.07, 6.45) is 0. The van der Waals surface area contributed by atoms with Crippen molar-refractivity contribution in [1.29, 1.82) is 0 Å². The van der Waals surface area contributed by atoms with Gasteiger partial charge in [-0.15, -0.1) is 0 Å². The van der Waals surface area contributed by atoms with Gasteiger partial charge in [0.25, 0.3) is 5.69 Å². The first-order valence-corrected chi connectivity index (χ1v) is 7.98. The van der Waals surface area contributed by atoms with Crippen LogP contribution in [0.5, 0.6) is 5.75 Å². The second-order valence-electron chi connectivity index (χ2n) is 5.61. The van der Waals surface area contributed by atoms with E-state index in [1.165, 1.54) is 25.3 Å². The number of halogens is 1. The first kappa shape index (κ1) is 19.2. The summed E-state index contributed by atoms with van der Waals surface area (Å²) in [5, 5.41) is 17.1. The summed E-state index contributed by atoms with van der Waals surface area (Å²) < 4.78 is 18.8. The van der Waals surface area contributed by atoms with Crippen LogP contribution in [-0.4, -0.2) is 25.0 Å². The standard InChI is InChI=1S/C18H21FN4O3/c1-12(14-7-8-17(26-3)16(19)10-14)22-18(20-2)21-11-13-5-4-6-15(9-13)23(24)25/h4-10,12H,11H2,1-3H3,(H2,20,21,22). The molecule has 2 aromatic rings. The van der Waals surface area contributed by atoms with Gasteiger partial charge >= 0.3 is 0 Å². The van der Waals surface area contributed by atoms with Crippen LogP contribution >= 0.6 is 0 Å². The molecule has 0 saturated heterocycles. The number of rotatable bonds is 6. The summed E-state index contributed by atoms with van der Waals surface area (Å²) in [6, 6.07) is 10.9. The lowest BCUT2D eigenvalue weighted by Gasteiger charge is -2.19. The highest BCUT2D eigenvalue weighted by atomic mass is 19.1. The Morgan fingerprint density at radius 2 is 2.12 bits per heavy atom. The molecule has 138 valence electrons. The van der Waals surface area contributed by atoms with Crippen molar-refractivity contribution in [2.45, 2.75) is 19.5 Å². The van der Waals surface area contributed by atoms with E-state index in [0.29, 0.717) is 12.5 Å². The molecule has 0 heterocycles. The van der Waals surface area contributed by atoms with Crippen LogP contribution in [0.1, 0.15) is 24.1 Å². The smallest absolute Gasteiger partial charge is 0.269 e. The van der Waals surface area contributed by atoms with Crippen LogP contribution in [0.2, 0.25) is 0 Å². The van der Waals surface area contributed by atoms with E-state index in [-0.39, 0.29) is 17.5 Å². The maximum atomic E-state index is 13.8. The highest BCUT2D eigenvalue weighted by molar-refractivity contribution is 5.80. The Morgan fingerprint density at radius 3 is 2.73 bits per heavy atom. The maximum Gasteiger partial charge on any atom is 0.269 e. The number of nitro benzene ring substituents is 1. The molecule has 2 rings (SSSR count). The number of guanidine groups is 1. The van der Waals surface area contributed by atoms with Gasteiger partial charge in [-0.3, -0.25) is 15.1 Å². The summed E-state index contributed by atoms with van der Waals surface area (Å²) in [4.78, 5) is 14.5. The summed E-state index contributed by atoms with van der Waals surface area (Å²) in [5.41, 5.74) is 1.53. The molecule has 26 heavy (non-hydrogen) atoms. The SMILES string of the molecule is CN=C(NCc1cccc([N+](=O)[O-])c1)NC(C)c1ccc(OC)c(F)c1. The highest BCUT2D eigenvalue weighted by Gasteiger charge is 2.12. The third kappa shape index (κ3) is 4.92. The lowest BCUT2D eigenvalue weighted by atomic mass is 10.1. The van der Waals surface area contributed by atoms with Crippen molar-refractivity contribution >= 4 is 11.6 Å². The number of nitro groups is 1. The zero-order valence-corrected chi connectivity index (χ0v) is 14.8. The molecular weight excluding hydrogens is 339 g/mol. The number of nitrogens with one attached hydrogen (secondary N) is 2. The van der Waals surface area contributed by atoms with E-state index in [4.69, 9.17) is 4.74 Å². The van der Waals surface area contributed by atoms with Crippen LogP contribution in [0.25, 0.3) is 0 Å². The van der Waals surface area contributed by atoms with Gasteiger partial charge in [-0.1, -0.05) is 18.2 Å². The monoisotopic (exact) mass is 360 g/mol. The van der Waals surface area contributed by atoms with Gasteiger partial charge in [-0.2, -0.15) is 0 Å².